The Morgan fingerprint density at radius 2 is 2.10 bits per heavy atom. The lowest BCUT2D eigenvalue weighted by molar-refractivity contribution is 0.816. The van der Waals surface area contributed by atoms with Crippen molar-refractivity contribution in [3.05, 3.63) is 42.2 Å². The Bertz CT molecular complexity index is 631. The van der Waals surface area contributed by atoms with Crippen molar-refractivity contribution in [1.82, 2.24) is 15.7 Å². The van der Waals surface area contributed by atoms with Gasteiger partial charge in [-0.05, 0) is 37.0 Å². The quantitative estimate of drug-likeness (QED) is 0.515. The van der Waals surface area contributed by atoms with Gasteiger partial charge >= 0.3 is 0 Å². The standard InChI is InChI=1S/C15H18N4S/c1-3-9-17-15(20)19-18-11(2)14-13-7-5-4-6-12(13)8-10-16-14/h4-8,10H,3,9H2,1-2H3,(H2,17,19,20)/b18-11+. The molecule has 0 atom stereocenters. The SMILES string of the molecule is CCCNC(=S)N/N=C(\C)c1nccc2ccccc12. The number of benzene rings is 1. The summed E-state index contributed by atoms with van der Waals surface area (Å²) in [5.74, 6) is 0. The maximum Gasteiger partial charge on any atom is 0.186 e. The highest BCUT2D eigenvalue weighted by atomic mass is 32.1. The van der Waals surface area contributed by atoms with E-state index in [0.717, 1.165) is 35.1 Å². The van der Waals surface area contributed by atoms with Crippen molar-refractivity contribution < 1.29 is 0 Å². The first-order valence-electron chi connectivity index (χ1n) is 6.64. The fraction of sp³-hybridized carbons (Fsp3) is 0.267. The minimum atomic E-state index is 0.534. The zero-order valence-electron chi connectivity index (χ0n) is 11.7. The highest BCUT2D eigenvalue weighted by molar-refractivity contribution is 7.80. The topological polar surface area (TPSA) is 49.3 Å². The maximum absolute atomic E-state index is 5.13. The molecule has 0 aliphatic carbocycles. The van der Waals surface area contributed by atoms with Gasteiger partial charge in [-0.15, -0.1) is 0 Å². The summed E-state index contributed by atoms with van der Waals surface area (Å²) in [6.07, 6.45) is 2.82. The first kappa shape index (κ1) is 14.4. The molecule has 0 saturated heterocycles. The van der Waals surface area contributed by atoms with Crippen LogP contribution in [0.4, 0.5) is 0 Å². The molecule has 0 aliphatic rings. The summed E-state index contributed by atoms with van der Waals surface area (Å²) in [5.41, 5.74) is 4.53. The van der Waals surface area contributed by atoms with Gasteiger partial charge in [-0.2, -0.15) is 5.10 Å². The molecule has 4 nitrogen and oxygen atoms in total. The monoisotopic (exact) mass is 286 g/mol. The van der Waals surface area contributed by atoms with E-state index < -0.39 is 0 Å². The summed E-state index contributed by atoms with van der Waals surface area (Å²) < 4.78 is 0. The van der Waals surface area contributed by atoms with Gasteiger partial charge in [-0.1, -0.05) is 31.2 Å². The molecule has 2 rings (SSSR count). The third-order valence-electron chi connectivity index (χ3n) is 2.88. The molecule has 0 radical (unpaired) electrons. The largest absolute Gasteiger partial charge is 0.361 e. The van der Waals surface area contributed by atoms with E-state index in [0.29, 0.717) is 5.11 Å². The lowest BCUT2D eigenvalue weighted by atomic mass is 10.1. The highest BCUT2D eigenvalue weighted by Crippen LogP contribution is 2.16. The number of fused-ring (bicyclic) bond motifs is 1. The summed E-state index contributed by atoms with van der Waals surface area (Å²) in [6.45, 7) is 4.85. The van der Waals surface area contributed by atoms with Crippen LogP contribution in [0.25, 0.3) is 10.8 Å². The van der Waals surface area contributed by atoms with Gasteiger partial charge in [-0.25, -0.2) is 0 Å². The lowest BCUT2D eigenvalue weighted by Crippen LogP contribution is -2.33. The van der Waals surface area contributed by atoms with Gasteiger partial charge in [-0.3, -0.25) is 10.4 Å². The van der Waals surface area contributed by atoms with Crippen LogP contribution >= 0.6 is 12.2 Å². The lowest BCUT2D eigenvalue weighted by Gasteiger charge is -2.08. The van der Waals surface area contributed by atoms with Crippen LogP contribution in [-0.2, 0) is 0 Å². The molecule has 1 aromatic heterocycles. The Kier molecular flexibility index (Phi) is 5.01. The van der Waals surface area contributed by atoms with Crippen molar-refractivity contribution in [1.29, 1.82) is 0 Å². The molecule has 0 saturated carbocycles. The number of nitrogens with one attached hydrogen (secondary N) is 2. The number of hydrogen-bond donors (Lipinski definition) is 2. The average Bonchev–Trinajstić information content (AvgIpc) is 2.50. The molecule has 0 fully saturated rings. The Balaban J connectivity index is 2.18. The second-order valence-electron chi connectivity index (χ2n) is 4.45. The first-order chi connectivity index (χ1) is 9.72. The molecular weight excluding hydrogens is 268 g/mol. The number of hydrazone groups is 1. The number of nitrogens with zero attached hydrogens (tertiary/aromatic N) is 2. The van der Waals surface area contributed by atoms with E-state index in [1.165, 1.54) is 0 Å². The molecule has 1 aromatic carbocycles. The van der Waals surface area contributed by atoms with E-state index in [4.69, 9.17) is 12.2 Å². The van der Waals surface area contributed by atoms with Gasteiger partial charge in [0.15, 0.2) is 5.11 Å². The molecule has 2 N–H and O–H groups in total. The zero-order chi connectivity index (χ0) is 14.4. The van der Waals surface area contributed by atoms with Crippen LogP contribution < -0.4 is 10.7 Å². The fourth-order valence-corrected chi connectivity index (χ4v) is 2.02. The number of hydrogen-bond acceptors (Lipinski definition) is 3. The van der Waals surface area contributed by atoms with Gasteiger partial charge < -0.3 is 5.32 Å². The van der Waals surface area contributed by atoms with Gasteiger partial charge in [0.2, 0.25) is 0 Å². The molecule has 1 heterocycles. The minimum absolute atomic E-state index is 0.534. The van der Waals surface area contributed by atoms with Gasteiger partial charge in [0, 0.05) is 18.1 Å². The third-order valence-corrected chi connectivity index (χ3v) is 3.11. The molecule has 0 unspecified atom stereocenters. The highest BCUT2D eigenvalue weighted by Gasteiger charge is 2.05. The summed E-state index contributed by atoms with van der Waals surface area (Å²) in [4.78, 5) is 4.41. The van der Waals surface area contributed by atoms with Crippen LogP contribution in [0.1, 0.15) is 26.0 Å². The van der Waals surface area contributed by atoms with Crippen LogP contribution in [0.5, 0.6) is 0 Å². The summed E-state index contributed by atoms with van der Waals surface area (Å²) in [5, 5.41) is 10.1. The second kappa shape index (κ2) is 6.96. The zero-order valence-corrected chi connectivity index (χ0v) is 12.5. The first-order valence-corrected chi connectivity index (χ1v) is 7.05. The van der Waals surface area contributed by atoms with Crippen LogP contribution in [0.2, 0.25) is 0 Å². The predicted molar refractivity (Wildman–Crippen MR) is 88.0 cm³/mol. The number of rotatable bonds is 4. The molecule has 2 aromatic rings. The van der Waals surface area contributed by atoms with E-state index >= 15 is 0 Å². The smallest absolute Gasteiger partial charge is 0.186 e. The van der Waals surface area contributed by atoms with E-state index in [-0.39, 0.29) is 0 Å². The Morgan fingerprint density at radius 3 is 2.90 bits per heavy atom. The second-order valence-corrected chi connectivity index (χ2v) is 4.85. The molecule has 0 aliphatic heterocycles. The molecule has 20 heavy (non-hydrogen) atoms. The number of aromatic nitrogens is 1. The minimum Gasteiger partial charge on any atom is -0.361 e. The molecule has 5 heteroatoms. The summed E-state index contributed by atoms with van der Waals surface area (Å²) in [6, 6.07) is 10.1. The third kappa shape index (κ3) is 3.51. The van der Waals surface area contributed by atoms with E-state index in [9.17, 15) is 0 Å². The molecule has 104 valence electrons. The number of pyridine rings is 1. The van der Waals surface area contributed by atoms with Crippen molar-refractivity contribution in [2.45, 2.75) is 20.3 Å². The van der Waals surface area contributed by atoms with Crippen LogP contribution in [0, 0.1) is 0 Å². The van der Waals surface area contributed by atoms with E-state index in [2.05, 4.69) is 33.8 Å². The average molecular weight is 286 g/mol. The van der Waals surface area contributed by atoms with Crippen molar-refractivity contribution in [3.8, 4) is 0 Å². The van der Waals surface area contributed by atoms with Gasteiger partial charge in [0.1, 0.15) is 0 Å². The van der Waals surface area contributed by atoms with Crippen LogP contribution in [-0.4, -0.2) is 22.4 Å². The van der Waals surface area contributed by atoms with Gasteiger partial charge in [0.25, 0.3) is 0 Å². The van der Waals surface area contributed by atoms with Crippen LogP contribution in [0.3, 0.4) is 0 Å². The summed E-state index contributed by atoms with van der Waals surface area (Å²) >= 11 is 5.13. The fourth-order valence-electron chi connectivity index (χ4n) is 1.87. The van der Waals surface area contributed by atoms with Gasteiger partial charge in [0.05, 0.1) is 11.4 Å². The maximum atomic E-state index is 5.13. The normalized spacial score (nSPS) is 11.4. The van der Waals surface area contributed by atoms with Crippen molar-refractivity contribution >= 4 is 33.8 Å². The summed E-state index contributed by atoms with van der Waals surface area (Å²) in [7, 11) is 0. The van der Waals surface area contributed by atoms with Crippen molar-refractivity contribution in [2.75, 3.05) is 6.54 Å². The van der Waals surface area contributed by atoms with Crippen molar-refractivity contribution in [2.24, 2.45) is 5.10 Å². The molecule has 0 spiro atoms. The Hall–Kier alpha value is -2.01. The number of thiocarbonyl (C=S) groups is 1. The van der Waals surface area contributed by atoms with E-state index in [1.54, 1.807) is 6.20 Å². The van der Waals surface area contributed by atoms with Crippen LogP contribution in [0.15, 0.2) is 41.6 Å². The van der Waals surface area contributed by atoms with E-state index in [1.807, 2.05) is 31.2 Å². The van der Waals surface area contributed by atoms with Crippen molar-refractivity contribution in [3.63, 3.8) is 0 Å². The Labute approximate surface area is 124 Å². The Morgan fingerprint density at radius 1 is 1.30 bits per heavy atom. The molecular formula is C15H18N4S. The predicted octanol–water partition coefficient (Wildman–Crippen LogP) is 2.83. The molecule has 0 bridgehead atoms. The molecule has 0 amide bonds.